The fourth-order valence-corrected chi connectivity index (χ4v) is 2.55. The maximum atomic E-state index is 3.47. The Hall–Kier alpha value is -0.220. The number of hydrogen-bond acceptors (Lipinski definition) is 3. The summed E-state index contributed by atoms with van der Waals surface area (Å²) in [6.45, 7) is 6.77. The van der Waals surface area contributed by atoms with E-state index in [1.54, 1.807) is 11.8 Å². The quantitative estimate of drug-likeness (QED) is 0.852. The van der Waals surface area contributed by atoms with Crippen LogP contribution in [0.3, 0.4) is 0 Å². The van der Waals surface area contributed by atoms with Gasteiger partial charge in [0.15, 0.2) is 0 Å². The third-order valence-electron chi connectivity index (χ3n) is 3.02. The summed E-state index contributed by atoms with van der Waals surface area (Å²) in [7, 11) is 0. The molecule has 1 fully saturated rings. The third-order valence-corrected chi connectivity index (χ3v) is 3.76. The summed E-state index contributed by atoms with van der Waals surface area (Å²) in [6, 6.07) is 9.55. The molecule has 17 heavy (non-hydrogen) atoms. The van der Waals surface area contributed by atoms with Crippen LogP contribution in [0.5, 0.6) is 0 Å². The minimum absolute atomic E-state index is 0. The highest BCUT2D eigenvalue weighted by Crippen LogP contribution is 2.16. The molecule has 0 aliphatic carbocycles. The number of rotatable bonds is 3. The molecular weight excluding hydrogens is 252 g/mol. The zero-order valence-electron chi connectivity index (χ0n) is 10.5. The van der Waals surface area contributed by atoms with E-state index in [1.807, 2.05) is 0 Å². The Bertz CT molecular complexity index is 329. The Labute approximate surface area is 115 Å². The average molecular weight is 273 g/mol. The Morgan fingerprint density at radius 1 is 1.35 bits per heavy atom. The first-order valence-corrected chi connectivity index (χ1v) is 7.09. The molecule has 1 atom stereocenters. The van der Waals surface area contributed by atoms with Gasteiger partial charge in [0.25, 0.3) is 0 Å². The average Bonchev–Trinajstić information content (AvgIpc) is 2.30. The first-order chi connectivity index (χ1) is 7.78. The van der Waals surface area contributed by atoms with Crippen LogP contribution in [0.1, 0.15) is 12.5 Å². The van der Waals surface area contributed by atoms with Crippen LogP contribution in [0.15, 0.2) is 29.2 Å². The van der Waals surface area contributed by atoms with E-state index in [1.165, 1.54) is 10.5 Å². The topological polar surface area (TPSA) is 15.3 Å². The molecule has 4 heteroatoms. The van der Waals surface area contributed by atoms with Crippen LogP contribution in [0, 0.1) is 0 Å². The summed E-state index contributed by atoms with van der Waals surface area (Å²) in [6.07, 6.45) is 2.12. The largest absolute Gasteiger partial charge is 0.312 e. The van der Waals surface area contributed by atoms with Crippen molar-refractivity contribution in [2.75, 3.05) is 25.9 Å². The smallest absolute Gasteiger partial charge is 0.0234 e. The van der Waals surface area contributed by atoms with Crippen molar-refractivity contribution < 1.29 is 0 Å². The summed E-state index contributed by atoms with van der Waals surface area (Å²) in [4.78, 5) is 3.87. The molecule has 1 aliphatic rings. The molecule has 1 aliphatic heterocycles. The van der Waals surface area contributed by atoms with Gasteiger partial charge in [-0.15, -0.1) is 24.2 Å². The predicted octanol–water partition coefficient (Wildman–Crippen LogP) is 2.62. The normalized spacial score (nSPS) is 20.9. The van der Waals surface area contributed by atoms with Gasteiger partial charge in [-0.05, 0) is 30.9 Å². The Morgan fingerprint density at radius 2 is 2.06 bits per heavy atom. The standard InChI is InChI=1S/C13H20N2S.ClH/c1-11-9-15(8-7-14-11)10-12-3-5-13(16-2)6-4-12;/h3-6,11,14H,7-10H2,1-2H3;1H/t11-;/m0./s1. The van der Waals surface area contributed by atoms with Crippen molar-refractivity contribution in [2.45, 2.75) is 24.4 Å². The lowest BCUT2D eigenvalue weighted by atomic mass is 10.1. The minimum Gasteiger partial charge on any atom is -0.312 e. The van der Waals surface area contributed by atoms with Crippen molar-refractivity contribution in [1.82, 2.24) is 10.2 Å². The van der Waals surface area contributed by atoms with Crippen molar-refractivity contribution >= 4 is 24.2 Å². The molecule has 96 valence electrons. The molecule has 1 aromatic carbocycles. The number of piperazine rings is 1. The molecule has 2 rings (SSSR count). The van der Waals surface area contributed by atoms with E-state index in [-0.39, 0.29) is 12.4 Å². The van der Waals surface area contributed by atoms with Crippen molar-refractivity contribution in [2.24, 2.45) is 0 Å². The first kappa shape index (κ1) is 14.8. The molecule has 1 heterocycles. The number of nitrogens with zero attached hydrogens (tertiary/aromatic N) is 1. The molecule has 1 aromatic rings. The zero-order valence-corrected chi connectivity index (χ0v) is 12.1. The van der Waals surface area contributed by atoms with Gasteiger partial charge in [-0.2, -0.15) is 0 Å². The second-order valence-electron chi connectivity index (χ2n) is 4.44. The van der Waals surface area contributed by atoms with Crippen molar-refractivity contribution in [3.63, 3.8) is 0 Å². The lowest BCUT2D eigenvalue weighted by molar-refractivity contribution is 0.199. The molecule has 0 bridgehead atoms. The molecule has 2 nitrogen and oxygen atoms in total. The van der Waals surface area contributed by atoms with E-state index in [4.69, 9.17) is 0 Å². The van der Waals surface area contributed by atoms with Crippen LogP contribution in [0.4, 0.5) is 0 Å². The minimum atomic E-state index is 0. The summed E-state index contributed by atoms with van der Waals surface area (Å²) >= 11 is 1.80. The van der Waals surface area contributed by atoms with E-state index >= 15 is 0 Å². The van der Waals surface area contributed by atoms with Crippen molar-refractivity contribution in [1.29, 1.82) is 0 Å². The van der Waals surface area contributed by atoms with E-state index < -0.39 is 0 Å². The van der Waals surface area contributed by atoms with E-state index in [0.29, 0.717) is 6.04 Å². The number of nitrogens with one attached hydrogen (secondary N) is 1. The highest BCUT2D eigenvalue weighted by Gasteiger charge is 2.15. The van der Waals surface area contributed by atoms with Crippen LogP contribution in [0.25, 0.3) is 0 Å². The molecule has 0 aromatic heterocycles. The SMILES string of the molecule is CSc1ccc(CN2CCN[C@@H](C)C2)cc1.Cl. The Morgan fingerprint density at radius 3 is 2.65 bits per heavy atom. The van der Waals surface area contributed by atoms with Crippen LogP contribution in [-0.2, 0) is 6.54 Å². The van der Waals surface area contributed by atoms with Crippen molar-refractivity contribution in [3.8, 4) is 0 Å². The van der Waals surface area contributed by atoms with Gasteiger partial charge in [-0.3, -0.25) is 4.90 Å². The molecule has 0 saturated carbocycles. The highest BCUT2D eigenvalue weighted by atomic mass is 35.5. The van der Waals surface area contributed by atoms with E-state index in [0.717, 1.165) is 26.2 Å². The van der Waals surface area contributed by atoms with Gasteiger partial charge in [-0.1, -0.05) is 12.1 Å². The van der Waals surface area contributed by atoms with Gasteiger partial charge in [0.1, 0.15) is 0 Å². The summed E-state index contributed by atoms with van der Waals surface area (Å²) < 4.78 is 0. The highest BCUT2D eigenvalue weighted by molar-refractivity contribution is 7.98. The van der Waals surface area contributed by atoms with Gasteiger partial charge in [0.05, 0.1) is 0 Å². The van der Waals surface area contributed by atoms with Gasteiger partial charge in [0, 0.05) is 37.1 Å². The van der Waals surface area contributed by atoms with Crippen LogP contribution >= 0.6 is 24.2 Å². The molecule has 0 radical (unpaired) electrons. The number of halogens is 1. The second kappa shape index (κ2) is 7.27. The first-order valence-electron chi connectivity index (χ1n) is 5.86. The molecule has 0 amide bonds. The second-order valence-corrected chi connectivity index (χ2v) is 5.32. The number of benzene rings is 1. The van der Waals surface area contributed by atoms with Gasteiger partial charge >= 0.3 is 0 Å². The Kier molecular flexibility index (Phi) is 6.34. The summed E-state index contributed by atoms with van der Waals surface area (Å²) in [5.41, 5.74) is 1.42. The fraction of sp³-hybridized carbons (Fsp3) is 0.538. The summed E-state index contributed by atoms with van der Waals surface area (Å²) in [5, 5.41) is 3.47. The summed E-state index contributed by atoms with van der Waals surface area (Å²) in [5.74, 6) is 0. The van der Waals surface area contributed by atoms with Crippen LogP contribution in [-0.4, -0.2) is 36.8 Å². The maximum Gasteiger partial charge on any atom is 0.0234 e. The van der Waals surface area contributed by atoms with Gasteiger partial charge < -0.3 is 5.32 Å². The Balaban J connectivity index is 0.00000144. The fourth-order valence-electron chi connectivity index (χ4n) is 2.14. The lowest BCUT2D eigenvalue weighted by Gasteiger charge is -2.31. The van der Waals surface area contributed by atoms with Gasteiger partial charge in [-0.25, -0.2) is 0 Å². The number of thioether (sulfide) groups is 1. The predicted molar refractivity (Wildman–Crippen MR) is 78.2 cm³/mol. The van der Waals surface area contributed by atoms with Crippen LogP contribution < -0.4 is 5.32 Å². The maximum absolute atomic E-state index is 3.47. The zero-order chi connectivity index (χ0) is 11.4. The molecule has 0 spiro atoms. The molecule has 1 N–H and O–H groups in total. The van der Waals surface area contributed by atoms with E-state index in [2.05, 4.69) is 47.7 Å². The lowest BCUT2D eigenvalue weighted by Crippen LogP contribution is -2.48. The molecule has 0 unspecified atom stereocenters. The van der Waals surface area contributed by atoms with Gasteiger partial charge in [0.2, 0.25) is 0 Å². The monoisotopic (exact) mass is 272 g/mol. The third kappa shape index (κ3) is 4.51. The van der Waals surface area contributed by atoms with Crippen LogP contribution in [0.2, 0.25) is 0 Å². The number of hydrogen-bond donors (Lipinski definition) is 1. The van der Waals surface area contributed by atoms with E-state index in [9.17, 15) is 0 Å². The van der Waals surface area contributed by atoms with Crippen molar-refractivity contribution in [3.05, 3.63) is 29.8 Å². The molecular formula is C13H21ClN2S. The molecule has 1 saturated heterocycles.